The molecule has 1 atom stereocenters. The van der Waals surface area contributed by atoms with Crippen LogP contribution in [0.5, 0.6) is 11.5 Å². The Labute approximate surface area is 146 Å². The van der Waals surface area contributed by atoms with Gasteiger partial charge in [0.15, 0.2) is 11.5 Å². The average Bonchev–Trinajstić information content (AvgIpc) is 3.02. The van der Waals surface area contributed by atoms with E-state index in [1.807, 2.05) is 0 Å². The minimum atomic E-state index is -0.580. The Morgan fingerprint density at radius 3 is 2.48 bits per heavy atom. The fourth-order valence-corrected chi connectivity index (χ4v) is 2.05. The molecule has 0 aliphatic heterocycles. The van der Waals surface area contributed by atoms with Crippen molar-refractivity contribution in [2.45, 2.75) is 39.3 Å². The second kappa shape index (κ2) is 7.42. The van der Waals surface area contributed by atoms with E-state index in [-0.39, 0.29) is 5.89 Å². The molecule has 1 N–H and O–H groups in total. The summed E-state index contributed by atoms with van der Waals surface area (Å²) in [7, 11) is 3.12. The largest absolute Gasteiger partial charge is 0.493 e. The van der Waals surface area contributed by atoms with Gasteiger partial charge in [0.2, 0.25) is 11.7 Å². The first kappa shape index (κ1) is 18.6. The highest BCUT2D eigenvalue weighted by molar-refractivity contribution is 5.68. The first-order valence-electron chi connectivity index (χ1n) is 7.79. The standard InChI is InChI=1S/C17H23N3O5/c1-10(18-16(21)24-17(2,3)4)15-19-14(20-25-15)11-7-8-12(22-5)13(9-11)23-6/h7-10H,1-6H3,(H,18,21)/t10-/m0/s1. The van der Waals surface area contributed by atoms with Gasteiger partial charge in [0.05, 0.1) is 14.2 Å². The van der Waals surface area contributed by atoms with Crippen molar-refractivity contribution in [2.24, 2.45) is 0 Å². The van der Waals surface area contributed by atoms with Gasteiger partial charge in [-0.3, -0.25) is 0 Å². The third-order valence-corrected chi connectivity index (χ3v) is 3.19. The molecule has 1 amide bonds. The number of nitrogens with one attached hydrogen (secondary N) is 1. The quantitative estimate of drug-likeness (QED) is 0.884. The minimum absolute atomic E-state index is 0.274. The van der Waals surface area contributed by atoms with Crippen molar-refractivity contribution < 1.29 is 23.5 Å². The van der Waals surface area contributed by atoms with Gasteiger partial charge in [-0.05, 0) is 45.9 Å². The average molecular weight is 349 g/mol. The number of carbonyl (C=O) groups excluding carboxylic acids is 1. The van der Waals surface area contributed by atoms with Gasteiger partial charge >= 0.3 is 6.09 Å². The Morgan fingerprint density at radius 2 is 1.88 bits per heavy atom. The van der Waals surface area contributed by atoms with Crippen LogP contribution in [0.25, 0.3) is 11.4 Å². The topological polar surface area (TPSA) is 95.7 Å². The van der Waals surface area contributed by atoms with E-state index < -0.39 is 17.7 Å². The van der Waals surface area contributed by atoms with Crippen LogP contribution in [-0.2, 0) is 4.74 Å². The van der Waals surface area contributed by atoms with E-state index in [0.717, 1.165) is 0 Å². The van der Waals surface area contributed by atoms with Crippen LogP contribution in [0.1, 0.15) is 39.6 Å². The maximum atomic E-state index is 11.8. The number of methoxy groups -OCH3 is 2. The summed E-state index contributed by atoms with van der Waals surface area (Å²) in [6, 6.07) is 4.81. The normalized spacial score (nSPS) is 12.4. The third kappa shape index (κ3) is 4.85. The van der Waals surface area contributed by atoms with Crippen LogP contribution in [0.2, 0.25) is 0 Å². The van der Waals surface area contributed by atoms with Crippen LogP contribution < -0.4 is 14.8 Å². The number of ether oxygens (including phenoxy) is 3. The molecule has 0 aliphatic rings. The zero-order valence-corrected chi connectivity index (χ0v) is 15.2. The number of rotatable bonds is 5. The molecule has 0 bridgehead atoms. The van der Waals surface area contributed by atoms with Crippen molar-refractivity contribution in [3.8, 4) is 22.9 Å². The van der Waals surface area contributed by atoms with Crippen molar-refractivity contribution in [3.05, 3.63) is 24.1 Å². The fourth-order valence-electron chi connectivity index (χ4n) is 2.05. The van der Waals surface area contributed by atoms with Crippen LogP contribution >= 0.6 is 0 Å². The van der Waals surface area contributed by atoms with Gasteiger partial charge in [-0.25, -0.2) is 4.79 Å². The molecule has 8 heteroatoms. The number of alkyl carbamates (subject to hydrolysis) is 1. The highest BCUT2D eigenvalue weighted by atomic mass is 16.6. The lowest BCUT2D eigenvalue weighted by atomic mass is 10.2. The Balaban J connectivity index is 2.13. The van der Waals surface area contributed by atoms with Gasteiger partial charge in [-0.1, -0.05) is 5.16 Å². The van der Waals surface area contributed by atoms with Crippen molar-refractivity contribution >= 4 is 6.09 Å². The number of benzene rings is 1. The van der Waals surface area contributed by atoms with Crippen LogP contribution in [0.4, 0.5) is 4.79 Å². The van der Waals surface area contributed by atoms with Crippen LogP contribution in [-0.4, -0.2) is 36.1 Å². The van der Waals surface area contributed by atoms with Gasteiger partial charge in [0.1, 0.15) is 11.6 Å². The second-order valence-electron chi connectivity index (χ2n) is 6.39. The number of nitrogens with zero attached hydrogens (tertiary/aromatic N) is 2. The Kier molecular flexibility index (Phi) is 5.51. The summed E-state index contributed by atoms with van der Waals surface area (Å²) < 4.78 is 20.9. The number of amides is 1. The Hall–Kier alpha value is -2.77. The molecular weight excluding hydrogens is 326 g/mol. The van der Waals surface area contributed by atoms with E-state index in [2.05, 4.69) is 15.5 Å². The smallest absolute Gasteiger partial charge is 0.408 e. The maximum absolute atomic E-state index is 11.8. The van der Waals surface area contributed by atoms with E-state index in [0.29, 0.717) is 22.9 Å². The molecule has 2 rings (SSSR count). The predicted molar refractivity (Wildman–Crippen MR) is 90.6 cm³/mol. The summed E-state index contributed by atoms with van der Waals surface area (Å²) in [6.07, 6.45) is -0.550. The number of aromatic nitrogens is 2. The van der Waals surface area contributed by atoms with E-state index in [1.54, 1.807) is 60.1 Å². The van der Waals surface area contributed by atoms with E-state index in [4.69, 9.17) is 18.7 Å². The predicted octanol–water partition coefficient (Wildman–Crippen LogP) is 3.34. The highest BCUT2D eigenvalue weighted by Crippen LogP contribution is 2.31. The molecule has 1 aromatic carbocycles. The molecule has 136 valence electrons. The van der Waals surface area contributed by atoms with Gasteiger partial charge in [0.25, 0.3) is 0 Å². The second-order valence-corrected chi connectivity index (χ2v) is 6.39. The maximum Gasteiger partial charge on any atom is 0.408 e. The monoisotopic (exact) mass is 349 g/mol. The van der Waals surface area contributed by atoms with E-state index in [9.17, 15) is 4.79 Å². The van der Waals surface area contributed by atoms with Gasteiger partial charge in [-0.2, -0.15) is 4.98 Å². The third-order valence-electron chi connectivity index (χ3n) is 3.19. The van der Waals surface area contributed by atoms with Gasteiger partial charge < -0.3 is 24.1 Å². The van der Waals surface area contributed by atoms with Crippen molar-refractivity contribution in [2.75, 3.05) is 14.2 Å². The summed E-state index contributed by atoms with van der Waals surface area (Å²) in [5.41, 5.74) is 0.126. The lowest BCUT2D eigenvalue weighted by Crippen LogP contribution is -2.34. The molecule has 1 aromatic heterocycles. The van der Waals surface area contributed by atoms with Crippen LogP contribution in [0, 0.1) is 0 Å². The molecule has 0 aliphatic carbocycles. The molecule has 0 spiro atoms. The molecule has 25 heavy (non-hydrogen) atoms. The molecule has 0 saturated heterocycles. The van der Waals surface area contributed by atoms with Crippen molar-refractivity contribution in [3.63, 3.8) is 0 Å². The van der Waals surface area contributed by atoms with Crippen molar-refractivity contribution in [1.82, 2.24) is 15.5 Å². The van der Waals surface area contributed by atoms with Crippen LogP contribution in [0.15, 0.2) is 22.7 Å². The number of hydrogen-bond acceptors (Lipinski definition) is 7. The van der Waals surface area contributed by atoms with E-state index >= 15 is 0 Å². The lowest BCUT2D eigenvalue weighted by Gasteiger charge is -2.20. The van der Waals surface area contributed by atoms with Gasteiger partial charge in [-0.15, -0.1) is 0 Å². The lowest BCUT2D eigenvalue weighted by molar-refractivity contribution is 0.0499. The molecule has 0 radical (unpaired) electrons. The Morgan fingerprint density at radius 1 is 1.20 bits per heavy atom. The number of hydrogen-bond donors (Lipinski definition) is 1. The van der Waals surface area contributed by atoms with Crippen LogP contribution in [0.3, 0.4) is 0 Å². The summed E-state index contributed by atoms with van der Waals surface area (Å²) in [5.74, 6) is 1.82. The zero-order chi connectivity index (χ0) is 18.6. The Bertz CT molecular complexity index is 736. The molecular formula is C17H23N3O5. The number of carbonyl (C=O) groups is 1. The summed E-state index contributed by atoms with van der Waals surface area (Å²) in [4.78, 5) is 16.1. The fraction of sp³-hybridized carbons (Fsp3) is 0.471. The molecule has 0 saturated carbocycles. The first-order valence-corrected chi connectivity index (χ1v) is 7.79. The zero-order valence-electron chi connectivity index (χ0n) is 15.2. The summed E-state index contributed by atoms with van der Waals surface area (Å²) in [5, 5.41) is 6.60. The van der Waals surface area contributed by atoms with E-state index in [1.165, 1.54) is 0 Å². The molecule has 2 aromatic rings. The summed E-state index contributed by atoms with van der Waals surface area (Å²) in [6.45, 7) is 7.10. The molecule has 0 unspecified atom stereocenters. The van der Waals surface area contributed by atoms with Crippen molar-refractivity contribution in [1.29, 1.82) is 0 Å². The van der Waals surface area contributed by atoms with Gasteiger partial charge in [0, 0.05) is 5.56 Å². The SMILES string of the molecule is COc1ccc(-c2noc([C@H](C)NC(=O)OC(C)(C)C)n2)cc1OC. The molecule has 1 heterocycles. The summed E-state index contributed by atoms with van der Waals surface area (Å²) >= 11 is 0. The first-order chi connectivity index (χ1) is 11.7. The highest BCUT2D eigenvalue weighted by Gasteiger charge is 2.22. The molecule has 0 fully saturated rings. The minimum Gasteiger partial charge on any atom is -0.493 e. The molecule has 8 nitrogen and oxygen atoms in total.